The van der Waals surface area contributed by atoms with E-state index in [1.807, 2.05) is 0 Å². The first-order valence-electron chi connectivity index (χ1n) is 2.72. The van der Waals surface area contributed by atoms with Crippen molar-refractivity contribution in [2.45, 2.75) is 6.92 Å². The zero-order valence-corrected chi connectivity index (χ0v) is 12.8. The number of carboxylic acid groups (broad SMARTS) is 1. The van der Waals surface area contributed by atoms with Crippen LogP contribution in [0.3, 0.4) is 0 Å². The standard InChI is InChI=1S/C6H8O4.Cs/c1-2-10-6(9)4-3-5(7)8;/h3-4H,2H2,1H3,(H,7,8);/q;+1/p-1. The van der Waals surface area contributed by atoms with Crippen LogP contribution in [-0.2, 0) is 14.3 Å². The summed E-state index contributed by atoms with van der Waals surface area (Å²) in [6.45, 7) is 1.86. The molecule has 0 rings (SSSR count). The molecule has 0 heterocycles. The predicted octanol–water partition coefficient (Wildman–Crippen LogP) is -4.14. The Labute approximate surface area is 123 Å². The van der Waals surface area contributed by atoms with Crippen LogP contribution >= 0.6 is 0 Å². The second-order valence-electron chi connectivity index (χ2n) is 1.40. The Balaban J connectivity index is 0. The summed E-state index contributed by atoms with van der Waals surface area (Å²) >= 11 is 0. The fourth-order valence-corrected chi connectivity index (χ4v) is 0.326. The van der Waals surface area contributed by atoms with Crippen molar-refractivity contribution in [3.8, 4) is 0 Å². The van der Waals surface area contributed by atoms with Gasteiger partial charge in [0.15, 0.2) is 0 Å². The van der Waals surface area contributed by atoms with Gasteiger partial charge in [-0.1, -0.05) is 0 Å². The van der Waals surface area contributed by atoms with Gasteiger partial charge < -0.3 is 14.6 Å². The maximum absolute atomic E-state index is 10.3. The molecular weight excluding hydrogens is 269 g/mol. The SMILES string of the molecule is CCOC(=O)C=CC(=O)[O-].[Cs+]. The molecule has 0 amide bonds. The molecule has 0 unspecified atom stereocenters. The average molecular weight is 276 g/mol. The summed E-state index contributed by atoms with van der Waals surface area (Å²) in [6.07, 6.45) is 1.43. The van der Waals surface area contributed by atoms with Crippen LogP contribution in [-0.4, -0.2) is 18.5 Å². The van der Waals surface area contributed by atoms with Crippen molar-refractivity contribution in [3.05, 3.63) is 12.2 Å². The van der Waals surface area contributed by atoms with Crippen LogP contribution in [0.25, 0.3) is 0 Å². The van der Waals surface area contributed by atoms with Gasteiger partial charge in [-0.2, -0.15) is 0 Å². The van der Waals surface area contributed by atoms with Gasteiger partial charge in [0, 0.05) is 6.08 Å². The van der Waals surface area contributed by atoms with E-state index in [4.69, 9.17) is 0 Å². The molecule has 0 aliphatic carbocycles. The molecule has 0 fully saturated rings. The summed E-state index contributed by atoms with van der Waals surface area (Å²) in [5.74, 6) is -2.08. The molecule has 0 aliphatic rings. The van der Waals surface area contributed by atoms with Gasteiger partial charge in [-0.15, -0.1) is 0 Å². The van der Waals surface area contributed by atoms with Gasteiger partial charge in [0.25, 0.3) is 0 Å². The number of carboxylic acids is 1. The van der Waals surface area contributed by atoms with E-state index in [-0.39, 0.29) is 75.5 Å². The van der Waals surface area contributed by atoms with Crippen molar-refractivity contribution in [2.75, 3.05) is 6.61 Å². The number of esters is 1. The summed E-state index contributed by atoms with van der Waals surface area (Å²) in [6, 6.07) is 0. The molecule has 0 radical (unpaired) electrons. The van der Waals surface area contributed by atoms with Gasteiger partial charge in [0.05, 0.1) is 12.6 Å². The van der Waals surface area contributed by atoms with Gasteiger partial charge in [-0.3, -0.25) is 0 Å². The Morgan fingerprint density at radius 2 is 2.00 bits per heavy atom. The van der Waals surface area contributed by atoms with Gasteiger partial charge in [-0.25, -0.2) is 4.79 Å². The van der Waals surface area contributed by atoms with E-state index >= 15 is 0 Å². The summed E-state index contributed by atoms with van der Waals surface area (Å²) in [5.41, 5.74) is 0. The summed E-state index contributed by atoms with van der Waals surface area (Å²) < 4.78 is 4.38. The van der Waals surface area contributed by atoms with Crippen LogP contribution in [0.4, 0.5) is 0 Å². The molecule has 0 N–H and O–H groups in total. The molecule has 0 aromatic heterocycles. The van der Waals surface area contributed by atoms with E-state index in [0.29, 0.717) is 6.08 Å². The second kappa shape index (κ2) is 8.83. The molecule has 11 heavy (non-hydrogen) atoms. The largest absolute Gasteiger partial charge is 1.00 e. The monoisotopic (exact) mass is 276 g/mol. The van der Waals surface area contributed by atoms with E-state index in [0.717, 1.165) is 6.08 Å². The van der Waals surface area contributed by atoms with Crippen molar-refractivity contribution in [1.29, 1.82) is 0 Å². The second-order valence-corrected chi connectivity index (χ2v) is 1.40. The average Bonchev–Trinajstić information content (AvgIpc) is 1.85. The van der Waals surface area contributed by atoms with Crippen molar-refractivity contribution in [3.63, 3.8) is 0 Å². The van der Waals surface area contributed by atoms with Crippen LogP contribution in [0.2, 0.25) is 0 Å². The van der Waals surface area contributed by atoms with Gasteiger partial charge in [-0.05, 0) is 13.0 Å². The van der Waals surface area contributed by atoms with Crippen LogP contribution in [0, 0.1) is 0 Å². The topological polar surface area (TPSA) is 66.4 Å². The first-order chi connectivity index (χ1) is 4.66. The molecule has 5 heteroatoms. The molecule has 0 saturated carbocycles. The minimum Gasteiger partial charge on any atom is -0.545 e. The number of hydrogen-bond acceptors (Lipinski definition) is 4. The normalized spacial score (nSPS) is 8.82. The van der Waals surface area contributed by atoms with Crippen LogP contribution in [0.15, 0.2) is 12.2 Å². The fourth-order valence-electron chi connectivity index (χ4n) is 0.326. The van der Waals surface area contributed by atoms with E-state index in [1.54, 1.807) is 6.92 Å². The molecule has 0 bridgehead atoms. The van der Waals surface area contributed by atoms with Crippen molar-refractivity contribution >= 4 is 11.9 Å². The quantitative estimate of drug-likeness (QED) is 0.388. The van der Waals surface area contributed by atoms with Gasteiger partial charge in [0.2, 0.25) is 0 Å². The Morgan fingerprint density at radius 3 is 2.36 bits per heavy atom. The van der Waals surface area contributed by atoms with Gasteiger partial charge >= 0.3 is 74.9 Å². The van der Waals surface area contributed by atoms with E-state index in [9.17, 15) is 14.7 Å². The zero-order valence-electron chi connectivity index (χ0n) is 6.49. The first-order valence-corrected chi connectivity index (χ1v) is 2.72. The number of aliphatic carboxylic acids is 1. The summed E-state index contributed by atoms with van der Waals surface area (Å²) in [4.78, 5) is 20.0. The van der Waals surface area contributed by atoms with E-state index in [1.165, 1.54) is 0 Å². The van der Waals surface area contributed by atoms with Gasteiger partial charge in [0.1, 0.15) is 0 Å². The molecule has 56 valence electrons. The molecule has 4 nitrogen and oxygen atoms in total. The Morgan fingerprint density at radius 1 is 1.45 bits per heavy atom. The Kier molecular flexibility index (Phi) is 11.4. The number of carbonyl (C=O) groups is 2. The first kappa shape index (κ1) is 14.3. The number of ether oxygens (including phenoxy) is 1. The smallest absolute Gasteiger partial charge is 0.545 e. The molecule has 0 aromatic rings. The maximum atomic E-state index is 10.3. The minimum absolute atomic E-state index is 0. The van der Waals surface area contributed by atoms with Crippen molar-refractivity contribution in [2.24, 2.45) is 0 Å². The molecule has 0 aromatic carbocycles. The van der Waals surface area contributed by atoms with E-state index in [2.05, 4.69) is 4.74 Å². The molecule has 0 saturated heterocycles. The van der Waals surface area contributed by atoms with Crippen LogP contribution in [0.1, 0.15) is 6.92 Å². The number of hydrogen-bond donors (Lipinski definition) is 0. The van der Waals surface area contributed by atoms with Crippen LogP contribution < -0.4 is 74.0 Å². The number of rotatable bonds is 3. The Bertz CT molecular complexity index is 164. The van der Waals surface area contributed by atoms with Crippen LogP contribution in [0.5, 0.6) is 0 Å². The number of carbonyl (C=O) groups excluding carboxylic acids is 2. The maximum Gasteiger partial charge on any atom is 1.00 e. The fraction of sp³-hybridized carbons (Fsp3) is 0.333. The molecular formula is C6H7CsO4. The molecule has 0 atom stereocenters. The summed E-state index contributed by atoms with van der Waals surface area (Å²) in [7, 11) is 0. The third-order valence-electron chi connectivity index (χ3n) is 0.642. The third kappa shape index (κ3) is 10.7. The van der Waals surface area contributed by atoms with E-state index < -0.39 is 11.9 Å². The minimum atomic E-state index is -1.41. The predicted molar refractivity (Wildman–Crippen MR) is 30.8 cm³/mol. The van der Waals surface area contributed by atoms with Crippen molar-refractivity contribution in [1.82, 2.24) is 0 Å². The Hall–Kier alpha value is 0.732. The third-order valence-corrected chi connectivity index (χ3v) is 0.642. The molecule has 0 spiro atoms. The summed E-state index contributed by atoms with van der Waals surface area (Å²) in [5, 5.41) is 9.70. The molecule has 0 aliphatic heterocycles. The zero-order chi connectivity index (χ0) is 7.98. The van der Waals surface area contributed by atoms with Crippen molar-refractivity contribution < 1.29 is 88.3 Å².